The fourth-order valence-corrected chi connectivity index (χ4v) is 4.49. The van der Waals surface area contributed by atoms with E-state index < -0.39 is 12.7 Å². The Kier molecular flexibility index (Phi) is 5.73. The molecule has 2 aromatic heterocycles. The van der Waals surface area contributed by atoms with Crippen molar-refractivity contribution >= 4 is 16.9 Å². The predicted octanol–water partition coefficient (Wildman–Crippen LogP) is 3.53. The number of rotatable bonds is 4. The van der Waals surface area contributed by atoms with Gasteiger partial charge < -0.3 is 9.64 Å². The van der Waals surface area contributed by atoms with Crippen LogP contribution in [0.25, 0.3) is 22.4 Å². The van der Waals surface area contributed by atoms with Gasteiger partial charge in [-0.15, -0.1) is 0 Å². The second kappa shape index (κ2) is 8.67. The first-order valence-corrected chi connectivity index (χ1v) is 10.9. The minimum absolute atomic E-state index is 0.00745. The minimum atomic E-state index is -4.17. The highest BCUT2D eigenvalue weighted by Gasteiger charge is 2.33. The van der Waals surface area contributed by atoms with E-state index in [2.05, 4.69) is 10.00 Å². The second-order valence-electron chi connectivity index (χ2n) is 8.29. The molecule has 0 bridgehead atoms. The monoisotopic (exact) mass is 446 g/mol. The number of benzene rings is 1. The maximum absolute atomic E-state index is 12.8. The number of fused-ring (bicyclic) bond motifs is 1. The molecule has 4 heterocycles. The van der Waals surface area contributed by atoms with Crippen LogP contribution in [-0.2, 0) is 4.74 Å². The first-order valence-electron chi connectivity index (χ1n) is 10.9. The molecule has 0 amide bonds. The number of hydrogen-bond acceptors (Lipinski definition) is 6. The van der Waals surface area contributed by atoms with Gasteiger partial charge in [-0.1, -0.05) is 30.3 Å². The van der Waals surface area contributed by atoms with Crippen LogP contribution in [0.15, 0.2) is 36.5 Å². The zero-order chi connectivity index (χ0) is 22.1. The molecule has 0 aliphatic carbocycles. The quantitative estimate of drug-likeness (QED) is 0.611. The lowest BCUT2D eigenvalue weighted by Crippen LogP contribution is -2.40. The molecular weight excluding hydrogens is 421 g/mol. The summed E-state index contributed by atoms with van der Waals surface area (Å²) >= 11 is 0. The Hall–Kier alpha value is -2.72. The van der Waals surface area contributed by atoms with Gasteiger partial charge in [-0.3, -0.25) is 4.90 Å². The third kappa shape index (κ3) is 4.42. The molecule has 32 heavy (non-hydrogen) atoms. The SMILES string of the molecule is FC(F)(F)CN1CCC(n2ncc3c(N4CCOCC4)nc(-c4ccccc4)nc32)CC1. The normalized spacial score (nSPS) is 19.0. The van der Waals surface area contributed by atoms with E-state index in [4.69, 9.17) is 14.7 Å². The van der Waals surface area contributed by atoms with Crippen LogP contribution in [0.4, 0.5) is 19.0 Å². The van der Waals surface area contributed by atoms with Gasteiger partial charge in [0.15, 0.2) is 11.5 Å². The van der Waals surface area contributed by atoms with E-state index in [0.29, 0.717) is 45.0 Å². The number of alkyl halides is 3. The highest BCUT2D eigenvalue weighted by molar-refractivity contribution is 5.89. The van der Waals surface area contributed by atoms with Gasteiger partial charge in [-0.25, -0.2) is 14.6 Å². The summed E-state index contributed by atoms with van der Waals surface area (Å²) in [7, 11) is 0. The standard InChI is InChI=1S/C22H25F3N6O/c23-22(24,25)15-29-8-6-17(7-9-29)31-21-18(14-26-31)20(30-10-12-32-13-11-30)27-19(28-21)16-4-2-1-3-5-16/h1-5,14,17H,6-13,15H2. The topological polar surface area (TPSA) is 59.3 Å². The van der Waals surface area contributed by atoms with Crippen molar-refractivity contribution in [1.82, 2.24) is 24.6 Å². The Morgan fingerprint density at radius 1 is 0.969 bits per heavy atom. The third-order valence-electron chi connectivity index (χ3n) is 6.08. The number of morpholine rings is 1. The van der Waals surface area contributed by atoms with Crippen LogP contribution in [0.5, 0.6) is 0 Å². The Morgan fingerprint density at radius 3 is 2.38 bits per heavy atom. The Morgan fingerprint density at radius 2 is 1.69 bits per heavy atom. The summed E-state index contributed by atoms with van der Waals surface area (Å²) in [6.07, 6.45) is -1.18. The Bertz CT molecular complexity index is 1060. The van der Waals surface area contributed by atoms with Gasteiger partial charge in [0.25, 0.3) is 0 Å². The molecule has 3 aromatic rings. The van der Waals surface area contributed by atoms with Gasteiger partial charge in [0.1, 0.15) is 5.82 Å². The molecular formula is C22H25F3N6O. The Labute approximate surface area is 183 Å². The molecule has 0 unspecified atom stereocenters. The molecule has 1 aromatic carbocycles. The van der Waals surface area contributed by atoms with Crippen molar-refractivity contribution in [3.05, 3.63) is 36.5 Å². The zero-order valence-electron chi connectivity index (χ0n) is 17.6. The van der Waals surface area contributed by atoms with Crippen LogP contribution in [0.1, 0.15) is 18.9 Å². The van der Waals surface area contributed by atoms with E-state index in [9.17, 15) is 13.2 Å². The van der Waals surface area contributed by atoms with Crippen molar-refractivity contribution < 1.29 is 17.9 Å². The van der Waals surface area contributed by atoms with Crippen LogP contribution in [0, 0.1) is 0 Å². The van der Waals surface area contributed by atoms with Crippen molar-refractivity contribution in [3.8, 4) is 11.4 Å². The third-order valence-corrected chi connectivity index (χ3v) is 6.08. The number of aromatic nitrogens is 4. The van der Waals surface area contributed by atoms with E-state index in [1.165, 1.54) is 4.90 Å². The number of nitrogens with zero attached hydrogens (tertiary/aromatic N) is 6. The molecule has 2 aliphatic heterocycles. The molecule has 170 valence electrons. The van der Waals surface area contributed by atoms with Crippen LogP contribution < -0.4 is 4.90 Å². The lowest BCUT2D eigenvalue weighted by molar-refractivity contribution is -0.148. The van der Waals surface area contributed by atoms with Crippen LogP contribution >= 0.6 is 0 Å². The smallest absolute Gasteiger partial charge is 0.378 e. The number of anilines is 1. The fraction of sp³-hybridized carbons (Fsp3) is 0.500. The van der Waals surface area contributed by atoms with Gasteiger partial charge in [-0.2, -0.15) is 18.3 Å². The van der Waals surface area contributed by atoms with E-state index in [1.807, 2.05) is 35.0 Å². The van der Waals surface area contributed by atoms with E-state index in [0.717, 1.165) is 35.5 Å². The van der Waals surface area contributed by atoms with Gasteiger partial charge in [0.2, 0.25) is 0 Å². The average molecular weight is 446 g/mol. The van der Waals surface area contributed by atoms with Crippen LogP contribution in [-0.4, -0.2) is 76.8 Å². The maximum atomic E-state index is 12.8. The van der Waals surface area contributed by atoms with Crippen molar-refractivity contribution in [3.63, 3.8) is 0 Å². The number of hydrogen-bond donors (Lipinski definition) is 0. The van der Waals surface area contributed by atoms with Crippen LogP contribution in [0.3, 0.4) is 0 Å². The molecule has 0 radical (unpaired) electrons. The molecule has 0 saturated carbocycles. The van der Waals surface area contributed by atoms with Crippen molar-refractivity contribution in [1.29, 1.82) is 0 Å². The summed E-state index contributed by atoms with van der Waals surface area (Å²) in [6, 6.07) is 9.80. The van der Waals surface area contributed by atoms with Crippen LogP contribution in [0.2, 0.25) is 0 Å². The average Bonchev–Trinajstić information content (AvgIpc) is 3.23. The molecule has 2 saturated heterocycles. The summed E-state index contributed by atoms with van der Waals surface area (Å²) in [5.74, 6) is 1.45. The van der Waals surface area contributed by atoms with E-state index in [1.54, 1.807) is 6.20 Å². The number of ether oxygens (including phenoxy) is 1. The lowest BCUT2D eigenvalue weighted by Gasteiger charge is -2.32. The predicted molar refractivity (Wildman–Crippen MR) is 115 cm³/mol. The molecule has 5 rings (SSSR count). The molecule has 7 nitrogen and oxygen atoms in total. The van der Waals surface area contributed by atoms with E-state index >= 15 is 0 Å². The van der Waals surface area contributed by atoms with Crippen molar-refractivity contribution in [2.24, 2.45) is 0 Å². The van der Waals surface area contributed by atoms with Gasteiger partial charge in [0.05, 0.1) is 37.4 Å². The van der Waals surface area contributed by atoms with Crippen molar-refractivity contribution in [2.75, 3.05) is 50.8 Å². The molecule has 2 aliphatic rings. The fourth-order valence-electron chi connectivity index (χ4n) is 4.49. The number of piperidine rings is 1. The summed E-state index contributed by atoms with van der Waals surface area (Å²) in [4.78, 5) is 13.4. The second-order valence-corrected chi connectivity index (χ2v) is 8.29. The first-order chi connectivity index (χ1) is 15.5. The number of likely N-dealkylation sites (tertiary alicyclic amines) is 1. The summed E-state index contributed by atoms with van der Waals surface area (Å²) in [5.41, 5.74) is 1.64. The van der Waals surface area contributed by atoms with Crippen molar-refractivity contribution in [2.45, 2.75) is 25.1 Å². The molecule has 2 fully saturated rings. The first kappa shape index (κ1) is 21.1. The largest absolute Gasteiger partial charge is 0.401 e. The number of halogens is 3. The summed E-state index contributed by atoms with van der Waals surface area (Å²) in [5, 5.41) is 5.49. The molecule has 0 atom stereocenters. The summed E-state index contributed by atoms with van der Waals surface area (Å²) < 4.78 is 45.7. The van der Waals surface area contributed by atoms with Gasteiger partial charge in [-0.05, 0) is 12.8 Å². The molecule has 0 N–H and O–H groups in total. The minimum Gasteiger partial charge on any atom is -0.378 e. The van der Waals surface area contributed by atoms with Gasteiger partial charge in [0, 0.05) is 31.7 Å². The van der Waals surface area contributed by atoms with E-state index in [-0.39, 0.29) is 6.04 Å². The highest BCUT2D eigenvalue weighted by Crippen LogP contribution is 2.32. The molecule has 10 heteroatoms. The molecule has 0 spiro atoms. The highest BCUT2D eigenvalue weighted by atomic mass is 19.4. The lowest BCUT2D eigenvalue weighted by atomic mass is 10.1. The Balaban J connectivity index is 1.49. The summed E-state index contributed by atoms with van der Waals surface area (Å²) in [6.45, 7) is 2.66. The zero-order valence-corrected chi connectivity index (χ0v) is 17.6. The van der Waals surface area contributed by atoms with Gasteiger partial charge >= 0.3 is 6.18 Å². The maximum Gasteiger partial charge on any atom is 0.401 e.